The van der Waals surface area contributed by atoms with Crippen LogP contribution in [0.4, 0.5) is 0 Å². The summed E-state index contributed by atoms with van der Waals surface area (Å²) in [4.78, 5) is 17.5. The number of nitrogens with one attached hydrogen (secondary N) is 2. The number of halogens is 1. The molecule has 3 heterocycles. The molecule has 26 heavy (non-hydrogen) atoms. The van der Waals surface area contributed by atoms with E-state index in [0.717, 1.165) is 55.5 Å². The molecule has 1 aliphatic heterocycles. The van der Waals surface area contributed by atoms with Crippen molar-refractivity contribution in [3.63, 3.8) is 0 Å². The number of rotatable bonds is 6. The molecule has 2 aromatic heterocycles. The van der Waals surface area contributed by atoms with E-state index in [2.05, 4.69) is 27.7 Å². The zero-order chi connectivity index (χ0) is 17.2. The smallest absolute Gasteiger partial charge is 0.259 e. The fourth-order valence-corrected chi connectivity index (χ4v) is 3.63. The Bertz CT molecular complexity index is 766. The van der Waals surface area contributed by atoms with Crippen molar-refractivity contribution in [2.75, 3.05) is 19.6 Å². The molecule has 1 unspecified atom stereocenters. The van der Waals surface area contributed by atoms with Gasteiger partial charge in [-0.1, -0.05) is 18.5 Å². The minimum atomic E-state index is -0.0274. The van der Waals surface area contributed by atoms with E-state index in [1.807, 2.05) is 6.07 Å². The molecule has 1 amide bonds. The Labute approximate surface area is 159 Å². The molecule has 2 fully saturated rings. The van der Waals surface area contributed by atoms with Crippen molar-refractivity contribution >= 4 is 29.4 Å². The molecule has 7 heteroatoms. The molecule has 1 atom stereocenters. The van der Waals surface area contributed by atoms with Gasteiger partial charge < -0.3 is 15.2 Å². The number of hydrogen-bond donors (Lipinski definition) is 2. The summed E-state index contributed by atoms with van der Waals surface area (Å²) in [7, 11) is 0. The standard InChI is InChI=1S/C19H26N4O2.ClH/c1-2-4-15-17-14(18(24)21-11-12-5-3-8-20-10-12)9-16(13-6-7-13)22-19(17)25-23-15;/h9,12-13,20H,2-8,10-11H2,1H3,(H,21,24);1H. The predicted molar refractivity (Wildman–Crippen MR) is 103 cm³/mol. The van der Waals surface area contributed by atoms with Gasteiger partial charge in [-0.2, -0.15) is 0 Å². The molecule has 0 aromatic carbocycles. The van der Waals surface area contributed by atoms with Crippen LogP contribution in [-0.2, 0) is 6.42 Å². The quantitative estimate of drug-likeness (QED) is 0.806. The van der Waals surface area contributed by atoms with Crippen molar-refractivity contribution < 1.29 is 9.32 Å². The van der Waals surface area contributed by atoms with Gasteiger partial charge in [0.05, 0.1) is 16.6 Å². The Morgan fingerprint density at radius 3 is 2.92 bits per heavy atom. The van der Waals surface area contributed by atoms with Crippen LogP contribution in [0.1, 0.15) is 66.7 Å². The number of fused-ring (bicyclic) bond motifs is 1. The topological polar surface area (TPSA) is 80.0 Å². The number of piperidine rings is 1. The minimum absolute atomic E-state index is 0. The summed E-state index contributed by atoms with van der Waals surface area (Å²) in [5.41, 5.74) is 3.01. The molecule has 2 aromatic rings. The Balaban J connectivity index is 0.00000196. The monoisotopic (exact) mass is 378 g/mol. The second-order valence-electron chi connectivity index (χ2n) is 7.35. The van der Waals surface area contributed by atoms with Crippen LogP contribution in [0.2, 0.25) is 0 Å². The van der Waals surface area contributed by atoms with Crippen LogP contribution in [0.3, 0.4) is 0 Å². The van der Waals surface area contributed by atoms with Crippen LogP contribution in [0.25, 0.3) is 11.1 Å². The first-order valence-corrected chi connectivity index (χ1v) is 9.54. The van der Waals surface area contributed by atoms with E-state index in [1.165, 1.54) is 12.8 Å². The lowest BCUT2D eigenvalue weighted by Crippen LogP contribution is -2.38. The van der Waals surface area contributed by atoms with Crippen molar-refractivity contribution in [3.05, 3.63) is 23.0 Å². The number of aryl methyl sites for hydroxylation is 1. The van der Waals surface area contributed by atoms with Gasteiger partial charge in [-0.25, -0.2) is 4.98 Å². The van der Waals surface area contributed by atoms with Gasteiger partial charge in [0.2, 0.25) is 0 Å². The summed E-state index contributed by atoms with van der Waals surface area (Å²) < 4.78 is 5.45. The first-order chi connectivity index (χ1) is 12.3. The first-order valence-electron chi connectivity index (χ1n) is 9.54. The Morgan fingerprint density at radius 2 is 2.23 bits per heavy atom. The molecule has 1 saturated heterocycles. The van der Waals surface area contributed by atoms with Gasteiger partial charge in [0.25, 0.3) is 11.6 Å². The molecule has 1 saturated carbocycles. The Kier molecular flexibility index (Phi) is 6.14. The predicted octanol–water partition coefficient (Wildman–Crippen LogP) is 3.20. The Morgan fingerprint density at radius 1 is 1.38 bits per heavy atom. The summed E-state index contributed by atoms with van der Waals surface area (Å²) in [6, 6.07) is 1.96. The third-order valence-corrected chi connectivity index (χ3v) is 5.21. The minimum Gasteiger partial charge on any atom is -0.352 e. The number of nitrogens with zero attached hydrogens (tertiary/aromatic N) is 2. The zero-order valence-corrected chi connectivity index (χ0v) is 16.0. The highest BCUT2D eigenvalue weighted by atomic mass is 35.5. The highest BCUT2D eigenvalue weighted by Gasteiger charge is 2.29. The average Bonchev–Trinajstić information content (AvgIpc) is 3.42. The van der Waals surface area contributed by atoms with Crippen LogP contribution >= 0.6 is 12.4 Å². The molecule has 2 N–H and O–H groups in total. The highest BCUT2D eigenvalue weighted by Crippen LogP contribution is 2.40. The highest BCUT2D eigenvalue weighted by molar-refractivity contribution is 6.06. The van der Waals surface area contributed by atoms with Crippen LogP contribution in [0, 0.1) is 5.92 Å². The van der Waals surface area contributed by atoms with E-state index in [0.29, 0.717) is 29.7 Å². The zero-order valence-electron chi connectivity index (χ0n) is 15.2. The number of hydrogen-bond acceptors (Lipinski definition) is 5. The van der Waals surface area contributed by atoms with E-state index in [4.69, 9.17) is 4.52 Å². The third-order valence-electron chi connectivity index (χ3n) is 5.21. The van der Waals surface area contributed by atoms with Gasteiger partial charge in [-0.05, 0) is 57.2 Å². The fraction of sp³-hybridized carbons (Fsp3) is 0.632. The van der Waals surface area contributed by atoms with Crippen molar-refractivity contribution in [1.82, 2.24) is 20.8 Å². The first kappa shape index (κ1) is 19.1. The molecule has 2 aliphatic rings. The van der Waals surface area contributed by atoms with Crippen molar-refractivity contribution in [1.29, 1.82) is 0 Å². The molecule has 0 bridgehead atoms. The molecule has 0 spiro atoms. The maximum atomic E-state index is 12.9. The number of carbonyl (C=O) groups excluding carboxylic acids is 1. The second-order valence-corrected chi connectivity index (χ2v) is 7.35. The average molecular weight is 379 g/mol. The van der Waals surface area contributed by atoms with Crippen LogP contribution in [0.15, 0.2) is 10.6 Å². The van der Waals surface area contributed by atoms with Crippen LogP contribution in [0.5, 0.6) is 0 Å². The van der Waals surface area contributed by atoms with Gasteiger partial charge in [-0.15, -0.1) is 12.4 Å². The van der Waals surface area contributed by atoms with E-state index < -0.39 is 0 Å². The molecule has 0 radical (unpaired) electrons. The lowest BCUT2D eigenvalue weighted by Gasteiger charge is -2.23. The maximum Gasteiger partial charge on any atom is 0.259 e. The van der Waals surface area contributed by atoms with E-state index in [-0.39, 0.29) is 18.3 Å². The van der Waals surface area contributed by atoms with Crippen LogP contribution < -0.4 is 10.6 Å². The maximum absolute atomic E-state index is 12.9. The summed E-state index contributed by atoms with van der Waals surface area (Å²) >= 11 is 0. The summed E-state index contributed by atoms with van der Waals surface area (Å²) in [5, 5.41) is 11.5. The lowest BCUT2D eigenvalue weighted by molar-refractivity contribution is 0.0946. The largest absolute Gasteiger partial charge is 0.352 e. The van der Waals surface area contributed by atoms with Gasteiger partial charge in [-0.3, -0.25) is 4.79 Å². The molecular weight excluding hydrogens is 352 g/mol. The Hall–Kier alpha value is -1.66. The number of amides is 1. The SMILES string of the molecule is CCCc1noc2nc(C3CC3)cc(C(=O)NCC3CCCNC3)c12.Cl. The van der Waals surface area contributed by atoms with Gasteiger partial charge >= 0.3 is 0 Å². The van der Waals surface area contributed by atoms with Gasteiger partial charge in [0.15, 0.2) is 0 Å². The molecule has 4 rings (SSSR count). The summed E-state index contributed by atoms with van der Waals surface area (Å²) in [5.74, 6) is 0.953. The normalized spacial score (nSPS) is 20.0. The second kappa shape index (κ2) is 8.35. The van der Waals surface area contributed by atoms with E-state index in [9.17, 15) is 4.79 Å². The number of pyridine rings is 1. The lowest BCUT2D eigenvalue weighted by atomic mass is 9.99. The van der Waals surface area contributed by atoms with Crippen molar-refractivity contribution in [2.45, 2.75) is 51.4 Å². The van der Waals surface area contributed by atoms with Crippen LogP contribution in [-0.4, -0.2) is 35.7 Å². The third kappa shape index (κ3) is 4.01. The molecule has 142 valence electrons. The van der Waals surface area contributed by atoms with Crippen molar-refractivity contribution in [3.8, 4) is 0 Å². The number of carbonyl (C=O) groups is 1. The van der Waals surface area contributed by atoms with Gasteiger partial charge in [0.1, 0.15) is 0 Å². The van der Waals surface area contributed by atoms with E-state index in [1.54, 1.807) is 0 Å². The number of aromatic nitrogens is 2. The fourth-order valence-electron chi connectivity index (χ4n) is 3.63. The van der Waals surface area contributed by atoms with Gasteiger partial charge in [0, 0.05) is 18.2 Å². The molecule has 1 aliphatic carbocycles. The molecular formula is C19H27ClN4O2. The van der Waals surface area contributed by atoms with E-state index >= 15 is 0 Å². The van der Waals surface area contributed by atoms with Crippen molar-refractivity contribution in [2.24, 2.45) is 5.92 Å². The summed E-state index contributed by atoms with van der Waals surface area (Å²) in [6.07, 6.45) is 6.39. The summed E-state index contributed by atoms with van der Waals surface area (Å²) in [6.45, 7) is 4.88. The molecule has 6 nitrogen and oxygen atoms in total.